The number of anilines is 1. The average Bonchev–Trinajstić information content (AvgIpc) is 3.20. The van der Waals surface area contributed by atoms with Crippen molar-refractivity contribution in [2.75, 3.05) is 5.73 Å². The number of imidazole rings is 2. The quantitative estimate of drug-likeness (QED) is 0.542. The summed E-state index contributed by atoms with van der Waals surface area (Å²) in [5.74, 6) is 1.05. The molecule has 3 N–H and O–H groups in total. The van der Waals surface area contributed by atoms with E-state index in [1.54, 1.807) is 19.6 Å². The highest BCUT2D eigenvalue weighted by atomic mass is 16.1. The summed E-state index contributed by atoms with van der Waals surface area (Å²) in [7, 11) is 0. The maximum absolute atomic E-state index is 11.5. The monoisotopic (exact) mass is 385 g/mol. The van der Waals surface area contributed by atoms with E-state index in [0.717, 1.165) is 5.65 Å². The standard InChI is InChI=1S/C9H12N4O.C8H11N5.CH4/c1-5(2)13-4-10-7-8(13)11-6(3)12-9(7)14;1-5(2)13-4-12-6-7(9)10-3-11-8(6)13;/h4-5H,1-3H3,(H,11,12,14);3-5H,1-2H3,(H2,9,10,11);1H4. The van der Waals surface area contributed by atoms with Crippen LogP contribution in [0.2, 0.25) is 0 Å². The van der Waals surface area contributed by atoms with E-state index in [2.05, 4.69) is 43.8 Å². The summed E-state index contributed by atoms with van der Waals surface area (Å²) >= 11 is 0. The first-order valence-electron chi connectivity index (χ1n) is 8.66. The van der Waals surface area contributed by atoms with Crippen LogP contribution in [-0.4, -0.2) is 39.0 Å². The van der Waals surface area contributed by atoms with Crippen molar-refractivity contribution in [2.24, 2.45) is 0 Å². The summed E-state index contributed by atoms with van der Waals surface area (Å²) in [6.07, 6.45) is 4.84. The van der Waals surface area contributed by atoms with Crippen LogP contribution in [0, 0.1) is 6.92 Å². The Bertz CT molecular complexity index is 1140. The Morgan fingerprint density at radius 2 is 1.50 bits per heavy atom. The fourth-order valence-electron chi connectivity index (χ4n) is 2.66. The number of rotatable bonds is 2. The normalized spacial score (nSPS) is 11.0. The Morgan fingerprint density at radius 1 is 0.929 bits per heavy atom. The lowest BCUT2D eigenvalue weighted by Gasteiger charge is -2.06. The van der Waals surface area contributed by atoms with Crippen LogP contribution in [0.1, 0.15) is 53.0 Å². The minimum absolute atomic E-state index is 0. The predicted molar refractivity (Wildman–Crippen MR) is 110 cm³/mol. The first-order chi connectivity index (χ1) is 12.8. The third-order valence-electron chi connectivity index (χ3n) is 4.05. The van der Waals surface area contributed by atoms with Crippen LogP contribution < -0.4 is 11.3 Å². The van der Waals surface area contributed by atoms with Crippen molar-refractivity contribution in [3.63, 3.8) is 0 Å². The Labute approximate surface area is 162 Å². The Balaban J connectivity index is 0.000000194. The van der Waals surface area contributed by atoms with Crippen molar-refractivity contribution < 1.29 is 0 Å². The molecule has 10 heteroatoms. The molecular weight excluding hydrogens is 358 g/mol. The van der Waals surface area contributed by atoms with Gasteiger partial charge in [-0.15, -0.1) is 0 Å². The van der Waals surface area contributed by atoms with Gasteiger partial charge >= 0.3 is 0 Å². The zero-order valence-electron chi connectivity index (χ0n) is 16.0. The molecule has 28 heavy (non-hydrogen) atoms. The van der Waals surface area contributed by atoms with Crippen LogP contribution in [0.4, 0.5) is 5.82 Å². The number of nitrogens with two attached hydrogens (primary N) is 1. The van der Waals surface area contributed by atoms with E-state index in [1.807, 2.05) is 23.0 Å². The van der Waals surface area contributed by atoms with Gasteiger partial charge in [0.1, 0.15) is 17.7 Å². The molecule has 0 bridgehead atoms. The molecule has 0 radical (unpaired) electrons. The van der Waals surface area contributed by atoms with Crippen molar-refractivity contribution in [3.05, 3.63) is 35.2 Å². The van der Waals surface area contributed by atoms with Gasteiger partial charge < -0.3 is 19.9 Å². The van der Waals surface area contributed by atoms with Crippen molar-refractivity contribution >= 4 is 28.1 Å². The maximum atomic E-state index is 11.5. The molecule has 0 aromatic carbocycles. The average molecular weight is 385 g/mol. The summed E-state index contributed by atoms with van der Waals surface area (Å²) in [4.78, 5) is 34.5. The summed E-state index contributed by atoms with van der Waals surface area (Å²) in [6, 6.07) is 0.591. The molecule has 0 fully saturated rings. The highest BCUT2D eigenvalue weighted by Gasteiger charge is 2.10. The van der Waals surface area contributed by atoms with Gasteiger partial charge in [-0.05, 0) is 34.6 Å². The molecule has 4 aromatic rings. The van der Waals surface area contributed by atoms with Gasteiger partial charge in [0.15, 0.2) is 22.6 Å². The molecular formula is C18H27N9O. The van der Waals surface area contributed by atoms with Crippen molar-refractivity contribution in [1.82, 2.24) is 39.0 Å². The van der Waals surface area contributed by atoms with Gasteiger partial charge in [-0.3, -0.25) is 4.79 Å². The number of fused-ring (bicyclic) bond motifs is 2. The van der Waals surface area contributed by atoms with Gasteiger partial charge in [0.25, 0.3) is 5.56 Å². The van der Waals surface area contributed by atoms with E-state index in [1.165, 1.54) is 6.33 Å². The molecule has 10 nitrogen and oxygen atoms in total. The number of nitrogen functional groups attached to an aromatic ring is 1. The molecule has 0 unspecified atom stereocenters. The van der Waals surface area contributed by atoms with Gasteiger partial charge in [0.05, 0.1) is 12.7 Å². The number of H-pyrrole nitrogens is 1. The molecule has 4 aromatic heterocycles. The molecule has 0 spiro atoms. The number of hydrogen-bond acceptors (Lipinski definition) is 7. The van der Waals surface area contributed by atoms with E-state index in [0.29, 0.717) is 34.4 Å². The molecule has 0 amide bonds. The Morgan fingerprint density at radius 3 is 2.11 bits per heavy atom. The van der Waals surface area contributed by atoms with E-state index in [4.69, 9.17) is 5.73 Å². The predicted octanol–water partition coefficient (Wildman–Crippen LogP) is 2.63. The smallest absolute Gasteiger partial charge is 0.279 e. The van der Waals surface area contributed by atoms with Gasteiger partial charge in [-0.2, -0.15) is 0 Å². The summed E-state index contributed by atoms with van der Waals surface area (Å²) in [5.41, 5.74) is 8.00. The highest BCUT2D eigenvalue weighted by Crippen LogP contribution is 2.17. The zero-order chi connectivity index (χ0) is 19.7. The molecule has 0 atom stereocenters. The number of aromatic nitrogens is 8. The molecule has 4 heterocycles. The molecule has 0 aliphatic heterocycles. The first kappa shape index (κ1) is 21.0. The van der Waals surface area contributed by atoms with Crippen LogP contribution in [0.3, 0.4) is 0 Å². The maximum Gasteiger partial charge on any atom is 0.279 e. The number of hydrogen-bond donors (Lipinski definition) is 2. The second-order valence-electron chi connectivity index (χ2n) is 6.75. The molecule has 0 saturated heterocycles. The van der Waals surface area contributed by atoms with Gasteiger partial charge in [-0.25, -0.2) is 24.9 Å². The van der Waals surface area contributed by atoms with E-state index >= 15 is 0 Å². The fraction of sp³-hybridized carbons (Fsp3) is 0.444. The lowest BCUT2D eigenvalue weighted by molar-refractivity contribution is 0.612. The summed E-state index contributed by atoms with van der Waals surface area (Å²) < 4.78 is 3.85. The third-order valence-corrected chi connectivity index (χ3v) is 4.05. The van der Waals surface area contributed by atoms with Crippen molar-refractivity contribution in [1.29, 1.82) is 0 Å². The SMILES string of the molecule is C.CC(C)n1cnc2c(N)ncnc21.Cc1nc2c(ncn2C(C)C)c(=O)[nH]1. The van der Waals surface area contributed by atoms with Crippen LogP contribution in [0.5, 0.6) is 0 Å². The molecule has 4 rings (SSSR count). The first-order valence-corrected chi connectivity index (χ1v) is 8.66. The molecule has 0 saturated carbocycles. The van der Waals surface area contributed by atoms with Crippen molar-refractivity contribution in [2.45, 2.75) is 54.1 Å². The number of nitrogens with one attached hydrogen (secondary N) is 1. The van der Waals surface area contributed by atoms with Crippen LogP contribution in [0.15, 0.2) is 23.8 Å². The van der Waals surface area contributed by atoms with E-state index in [9.17, 15) is 4.79 Å². The molecule has 0 aliphatic carbocycles. The summed E-state index contributed by atoms with van der Waals surface area (Å²) in [6.45, 7) is 9.95. The second kappa shape index (κ2) is 8.15. The largest absolute Gasteiger partial charge is 0.382 e. The van der Waals surface area contributed by atoms with Crippen molar-refractivity contribution in [3.8, 4) is 0 Å². The lowest BCUT2D eigenvalue weighted by Crippen LogP contribution is -2.11. The zero-order valence-corrected chi connectivity index (χ0v) is 16.0. The van der Waals surface area contributed by atoms with E-state index < -0.39 is 0 Å². The van der Waals surface area contributed by atoms with Gasteiger partial charge in [0, 0.05) is 12.1 Å². The third kappa shape index (κ3) is 3.85. The van der Waals surface area contributed by atoms with Crippen LogP contribution in [-0.2, 0) is 0 Å². The lowest BCUT2D eigenvalue weighted by atomic mass is 10.4. The Kier molecular flexibility index (Phi) is 6.12. The topological polar surface area (TPSA) is 133 Å². The molecule has 0 aliphatic rings. The van der Waals surface area contributed by atoms with Gasteiger partial charge in [-0.1, -0.05) is 7.43 Å². The minimum atomic E-state index is -0.174. The minimum Gasteiger partial charge on any atom is -0.382 e. The second-order valence-corrected chi connectivity index (χ2v) is 6.75. The van der Waals surface area contributed by atoms with Gasteiger partial charge in [0.2, 0.25) is 0 Å². The number of nitrogens with zero attached hydrogens (tertiary/aromatic N) is 7. The number of aromatic amines is 1. The summed E-state index contributed by atoms with van der Waals surface area (Å²) in [5, 5.41) is 0. The fourth-order valence-corrected chi connectivity index (χ4v) is 2.66. The molecule has 150 valence electrons. The van der Waals surface area contributed by atoms with E-state index in [-0.39, 0.29) is 19.0 Å². The van der Waals surface area contributed by atoms with Crippen LogP contribution >= 0.6 is 0 Å². The Hall–Kier alpha value is -3.30. The highest BCUT2D eigenvalue weighted by molar-refractivity contribution is 5.81. The number of aryl methyl sites for hydroxylation is 1. The van der Waals surface area contributed by atoms with Crippen LogP contribution in [0.25, 0.3) is 22.3 Å².